The summed E-state index contributed by atoms with van der Waals surface area (Å²) in [6, 6.07) is 8.57. The number of benzene rings is 1. The van der Waals surface area contributed by atoms with Gasteiger partial charge in [-0.1, -0.05) is 44.2 Å². The van der Waals surface area contributed by atoms with E-state index in [1.54, 1.807) is 6.92 Å². The second-order valence-corrected chi connectivity index (χ2v) is 5.08. The minimum atomic E-state index is -1.08. The fourth-order valence-electron chi connectivity index (χ4n) is 1.82. The van der Waals surface area contributed by atoms with Crippen LogP contribution in [0, 0.1) is 5.92 Å². The summed E-state index contributed by atoms with van der Waals surface area (Å²) in [6.07, 6.45) is 0. The Labute approximate surface area is 108 Å². The summed E-state index contributed by atoms with van der Waals surface area (Å²) in [6.45, 7) is 5.55. The number of carboxylic acid groups (broad SMARTS) is 1. The maximum absolute atomic E-state index is 11.1. The number of carbonyl (C=O) groups is 1. The average molecular weight is 251 g/mol. The molecule has 2 atom stereocenters. The highest BCUT2D eigenvalue weighted by atomic mass is 16.4. The fraction of sp³-hybridized carbons (Fsp3) is 0.500. The lowest BCUT2D eigenvalue weighted by atomic mass is 9.95. The van der Waals surface area contributed by atoms with Crippen LogP contribution in [0.15, 0.2) is 30.3 Å². The minimum Gasteiger partial charge on any atom is -0.480 e. The molecule has 0 radical (unpaired) electrons. The number of aliphatic hydroxyl groups is 1. The van der Waals surface area contributed by atoms with Gasteiger partial charge in [-0.2, -0.15) is 0 Å². The Kier molecular flexibility index (Phi) is 4.87. The third kappa shape index (κ3) is 3.82. The van der Waals surface area contributed by atoms with E-state index in [0.29, 0.717) is 0 Å². The van der Waals surface area contributed by atoms with Gasteiger partial charge < -0.3 is 15.5 Å². The maximum Gasteiger partial charge on any atom is 0.320 e. The molecule has 2 unspecified atom stereocenters. The third-order valence-corrected chi connectivity index (χ3v) is 2.99. The molecule has 0 aliphatic rings. The van der Waals surface area contributed by atoms with Crippen LogP contribution in [-0.4, -0.2) is 28.8 Å². The molecule has 1 rings (SSSR count). The predicted octanol–water partition coefficient (Wildman–Crippen LogP) is 1.59. The third-order valence-electron chi connectivity index (χ3n) is 2.99. The second kappa shape index (κ2) is 5.98. The van der Waals surface area contributed by atoms with Crippen LogP contribution in [0.2, 0.25) is 0 Å². The van der Waals surface area contributed by atoms with Crippen LogP contribution < -0.4 is 5.32 Å². The molecule has 3 N–H and O–H groups in total. The fourth-order valence-corrected chi connectivity index (χ4v) is 1.82. The van der Waals surface area contributed by atoms with Crippen LogP contribution in [0.4, 0.5) is 0 Å². The molecule has 4 heteroatoms. The zero-order chi connectivity index (χ0) is 13.8. The topological polar surface area (TPSA) is 69.6 Å². The Balaban J connectivity index is 2.69. The van der Waals surface area contributed by atoms with Crippen molar-refractivity contribution in [3.63, 3.8) is 0 Å². The van der Waals surface area contributed by atoms with Gasteiger partial charge in [-0.25, -0.2) is 0 Å². The largest absolute Gasteiger partial charge is 0.480 e. The lowest BCUT2D eigenvalue weighted by Crippen LogP contribution is -2.47. The molecule has 0 heterocycles. The van der Waals surface area contributed by atoms with Crippen molar-refractivity contribution < 1.29 is 15.0 Å². The van der Waals surface area contributed by atoms with Crippen molar-refractivity contribution in [2.24, 2.45) is 5.92 Å². The Morgan fingerprint density at radius 1 is 1.33 bits per heavy atom. The molecule has 4 nitrogen and oxygen atoms in total. The molecule has 0 amide bonds. The first-order valence-electron chi connectivity index (χ1n) is 6.08. The van der Waals surface area contributed by atoms with Crippen molar-refractivity contribution in [2.45, 2.75) is 32.4 Å². The highest BCUT2D eigenvalue weighted by Gasteiger charge is 2.27. The van der Waals surface area contributed by atoms with E-state index in [0.717, 1.165) is 5.56 Å². The molecule has 0 aromatic heterocycles. The van der Waals surface area contributed by atoms with E-state index in [9.17, 15) is 9.90 Å². The van der Waals surface area contributed by atoms with Crippen LogP contribution in [0.3, 0.4) is 0 Å². The van der Waals surface area contributed by atoms with Gasteiger partial charge in [0.25, 0.3) is 0 Å². The summed E-state index contributed by atoms with van der Waals surface area (Å²) in [5.74, 6) is -0.928. The van der Waals surface area contributed by atoms with Gasteiger partial charge in [0.2, 0.25) is 0 Å². The number of aliphatic carboxylic acids is 1. The number of hydrogen-bond acceptors (Lipinski definition) is 3. The standard InChI is InChI=1S/C14H21NO3/c1-10(2)12(13(16)17)15-9-14(3,18)11-7-5-4-6-8-11/h4-8,10,12,15,18H,9H2,1-3H3,(H,16,17). The normalized spacial score (nSPS) is 16.3. The Hall–Kier alpha value is -1.39. The number of rotatable bonds is 6. The summed E-state index contributed by atoms with van der Waals surface area (Å²) < 4.78 is 0. The molecule has 18 heavy (non-hydrogen) atoms. The van der Waals surface area contributed by atoms with Gasteiger partial charge in [0.05, 0.1) is 5.60 Å². The lowest BCUT2D eigenvalue weighted by molar-refractivity contribution is -0.140. The maximum atomic E-state index is 11.1. The van der Waals surface area contributed by atoms with Gasteiger partial charge in [-0.05, 0) is 18.4 Å². The molecular weight excluding hydrogens is 230 g/mol. The van der Waals surface area contributed by atoms with E-state index in [4.69, 9.17) is 5.11 Å². The van der Waals surface area contributed by atoms with Crippen LogP contribution in [0.1, 0.15) is 26.3 Å². The molecule has 0 aliphatic carbocycles. The minimum absolute atomic E-state index is 0.0333. The molecule has 0 fully saturated rings. The van der Waals surface area contributed by atoms with Crippen LogP contribution in [0.5, 0.6) is 0 Å². The molecule has 1 aromatic rings. The van der Waals surface area contributed by atoms with Gasteiger partial charge in [-0.15, -0.1) is 0 Å². The molecule has 0 bridgehead atoms. The zero-order valence-electron chi connectivity index (χ0n) is 11.1. The van der Waals surface area contributed by atoms with E-state index < -0.39 is 17.6 Å². The number of nitrogens with one attached hydrogen (secondary N) is 1. The zero-order valence-corrected chi connectivity index (χ0v) is 11.1. The van der Waals surface area contributed by atoms with Gasteiger partial charge in [-0.3, -0.25) is 4.79 Å². The van der Waals surface area contributed by atoms with Crippen molar-refractivity contribution in [1.82, 2.24) is 5.32 Å². The van der Waals surface area contributed by atoms with Gasteiger partial charge in [0.1, 0.15) is 6.04 Å². The van der Waals surface area contributed by atoms with E-state index in [-0.39, 0.29) is 12.5 Å². The Bertz CT molecular complexity index is 387. The van der Waals surface area contributed by atoms with Crippen molar-refractivity contribution in [2.75, 3.05) is 6.54 Å². The Morgan fingerprint density at radius 2 is 1.89 bits per heavy atom. The highest BCUT2D eigenvalue weighted by Crippen LogP contribution is 2.19. The molecule has 100 valence electrons. The van der Waals surface area contributed by atoms with Crippen LogP contribution in [-0.2, 0) is 10.4 Å². The molecular formula is C14H21NO3. The van der Waals surface area contributed by atoms with Gasteiger partial charge >= 0.3 is 5.97 Å². The monoisotopic (exact) mass is 251 g/mol. The first kappa shape index (κ1) is 14.7. The summed E-state index contributed by atoms with van der Waals surface area (Å²) in [4.78, 5) is 11.1. The lowest BCUT2D eigenvalue weighted by Gasteiger charge is -2.27. The van der Waals surface area contributed by atoms with Crippen LogP contribution >= 0.6 is 0 Å². The SMILES string of the molecule is CC(C)C(NCC(C)(O)c1ccccc1)C(=O)O. The molecule has 0 aliphatic heterocycles. The van der Waals surface area contributed by atoms with E-state index >= 15 is 0 Å². The first-order valence-corrected chi connectivity index (χ1v) is 6.08. The Morgan fingerprint density at radius 3 is 2.33 bits per heavy atom. The number of hydrogen-bond donors (Lipinski definition) is 3. The highest BCUT2D eigenvalue weighted by molar-refractivity contribution is 5.73. The number of carboxylic acids is 1. The molecule has 0 saturated carbocycles. The van der Waals surface area contributed by atoms with E-state index in [1.165, 1.54) is 0 Å². The summed E-state index contributed by atoms with van der Waals surface area (Å²) in [7, 11) is 0. The van der Waals surface area contributed by atoms with Crippen LogP contribution in [0.25, 0.3) is 0 Å². The molecule has 1 aromatic carbocycles. The summed E-state index contributed by atoms with van der Waals surface area (Å²) in [5, 5.41) is 22.3. The van der Waals surface area contributed by atoms with Crippen molar-refractivity contribution in [3.8, 4) is 0 Å². The van der Waals surface area contributed by atoms with E-state index in [2.05, 4.69) is 5.32 Å². The van der Waals surface area contributed by atoms with Gasteiger partial charge in [0, 0.05) is 6.54 Å². The van der Waals surface area contributed by atoms with Crippen molar-refractivity contribution >= 4 is 5.97 Å². The smallest absolute Gasteiger partial charge is 0.320 e. The average Bonchev–Trinajstić information content (AvgIpc) is 2.29. The molecule has 0 spiro atoms. The van der Waals surface area contributed by atoms with Gasteiger partial charge in [0.15, 0.2) is 0 Å². The summed E-state index contributed by atoms with van der Waals surface area (Å²) >= 11 is 0. The molecule has 0 saturated heterocycles. The predicted molar refractivity (Wildman–Crippen MR) is 70.3 cm³/mol. The summed E-state index contributed by atoms with van der Waals surface area (Å²) in [5.41, 5.74) is -0.311. The van der Waals surface area contributed by atoms with Crippen molar-refractivity contribution in [1.29, 1.82) is 0 Å². The first-order chi connectivity index (χ1) is 8.34. The van der Waals surface area contributed by atoms with Crippen molar-refractivity contribution in [3.05, 3.63) is 35.9 Å². The van der Waals surface area contributed by atoms with E-state index in [1.807, 2.05) is 44.2 Å². The second-order valence-electron chi connectivity index (χ2n) is 5.08. The quantitative estimate of drug-likeness (QED) is 0.718.